The number of rotatable bonds is 1. The van der Waals surface area contributed by atoms with Crippen LogP contribution in [-0.2, 0) is 4.74 Å². The molecule has 0 aromatic carbocycles. The van der Waals surface area contributed by atoms with Gasteiger partial charge in [-0.05, 0) is 32.1 Å². The lowest BCUT2D eigenvalue weighted by Gasteiger charge is -2.37. The Morgan fingerprint density at radius 1 is 1.18 bits per heavy atom. The number of hydrogen-bond acceptors (Lipinski definition) is 1. The molecule has 4 unspecified atom stereocenters. The van der Waals surface area contributed by atoms with Crippen LogP contribution in [0.1, 0.15) is 40.5 Å². The highest BCUT2D eigenvalue weighted by atomic mass is 16.5. The first-order valence-electron chi connectivity index (χ1n) is 4.80. The molecule has 0 saturated carbocycles. The maximum atomic E-state index is 5.80. The summed E-state index contributed by atoms with van der Waals surface area (Å²) in [6, 6.07) is 0. The molecule has 1 nitrogen and oxygen atoms in total. The van der Waals surface area contributed by atoms with Crippen molar-refractivity contribution < 1.29 is 4.74 Å². The van der Waals surface area contributed by atoms with E-state index < -0.39 is 0 Å². The SMILES string of the molecule is CCC1CC(C)C(C)OC1C. The average molecular weight is 156 g/mol. The minimum Gasteiger partial charge on any atom is -0.375 e. The Hall–Kier alpha value is -0.0400. The first-order chi connectivity index (χ1) is 5.15. The van der Waals surface area contributed by atoms with Crippen LogP contribution >= 0.6 is 0 Å². The highest BCUT2D eigenvalue weighted by molar-refractivity contribution is 4.77. The van der Waals surface area contributed by atoms with Crippen LogP contribution in [0.5, 0.6) is 0 Å². The van der Waals surface area contributed by atoms with Crippen LogP contribution in [0.4, 0.5) is 0 Å². The first kappa shape index (κ1) is 9.05. The van der Waals surface area contributed by atoms with Crippen molar-refractivity contribution in [2.24, 2.45) is 11.8 Å². The highest BCUT2D eigenvalue weighted by Crippen LogP contribution is 2.30. The van der Waals surface area contributed by atoms with Gasteiger partial charge in [-0.15, -0.1) is 0 Å². The summed E-state index contributed by atoms with van der Waals surface area (Å²) in [5.41, 5.74) is 0. The van der Waals surface area contributed by atoms with Gasteiger partial charge in [0.05, 0.1) is 12.2 Å². The largest absolute Gasteiger partial charge is 0.375 e. The molecule has 0 aromatic heterocycles. The van der Waals surface area contributed by atoms with Crippen LogP contribution in [-0.4, -0.2) is 12.2 Å². The molecule has 1 heteroatoms. The molecule has 1 heterocycles. The second kappa shape index (κ2) is 3.57. The predicted molar refractivity (Wildman–Crippen MR) is 47.6 cm³/mol. The van der Waals surface area contributed by atoms with Gasteiger partial charge in [-0.25, -0.2) is 0 Å². The van der Waals surface area contributed by atoms with E-state index in [4.69, 9.17) is 4.74 Å². The molecule has 0 aliphatic carbocycles. The molecule has 0 N–H and O–H groups in total. The van der Waals surface area contributed by atoms with E-state index in [-0.39, 0.29) is 0 Å². The van der Waals surface area contributed by atoms with Crippen molar-refractivity contribution in [3.8, 4) is 0 Å². The van der Waals surface area contributed by atoms with E-state index in [1.54, 1.807) is 0 Å². The summed E-state index contributed by atoms with van der Waals surface area (Å²) in [4.78, 5) is 0. The summed E-state index contributed by atoms with van der Waals surface area (Å²) in [7, 11) is 0. The molecular formula is C10H20O. The summed E-state index contributed by atoms with van der Waals surface area (Å²) in [5, 5.41) is 0. The van der Waals surface area contributed by atoms with Gasteiger partial charge in [0, 0.05) is 0 Å². The average Bonchev–Trinajstić information content (AvgIpc) is 1.97. The highest BCUT2D eigenvalue weighted by Gasteiger charge is 2.29. The van der Waals surface area contributed by atoms with Crippen molar-refractivity contribution >= 4 is 0 Å². The molecule has 1 fully saturated rings. The fourth-order valence-corrected chi connectivity index (χ4v) is 1.94. The summed E-state index contributed by atoms with van der Waals surface area (Å²) in [6.07, 6.45) is 3.55. The quantitative estimate of drug-likeness (QED) is 0.567. The molecule has 1 aliphatic rings. The minimum atomic E-state index is 0.466. The van der Waals surface area contributed by atoms with Crippen LogP contribution < -0.4 is 0 Å². The van der Waals surface area contributed by atoms with Gasteiger partial charge in [-0.1, -0.05) is 20.3 Å². The molecule has 0 aromatic rings. The van der Waals surface area contributed by atoms with Crippen LogP contribution in [0.2, 0.25) is 0 Å². The fraction of sp³-hybridized carbons (Fsp3) is 1.00. The lowest BCUT2D eigenvalue weighted by atomic mass is 9.84. The normalized spacial score (nSPS) is 45.8. The van der Waals surface area contributed by atoms with Crippen LogP contribution in [0, 0.1) is 11.8 Å². The monoisotopic (exact) mass is 156 g/mol. The standard InChI is InChI=1S/C10H20O/c1-5-10-6-7(2)8(3)11-9(10)4/h7-10H,5-6H2,1-4H3. The second-order valence-corrected chi connectivity index (χ2v) is 3.93. The third-order valence-electron chi connectivity index (χ3n) is 3.09. The predicted octanol–water partition coefficient (Wildman–Crippen LogP) is 2.85. The van der Waals surface area contributed by atoms with Gasteiger partial charge < -0.3 is 4.74 Å². The smallest absolute Gasteiger partial charge is 0.0578 e. The lowest BCUT2D eigenvalue weighted by Crippen LogP contribution is -2.36. The maximum absolute atomic E-state index is 5.80. The van der Waals surface area contributed by atoms with E-state index in [0.29, 0.717) is 12.2 Å². The van der Waals surface area contributed by atoms with E-state index in [1.807, 2.05) is 0 Å². The Morgan fingerprint density at radius 3 is 2.36 bits per heavy atom. The molecule has 66 valence electrons. The van der Waals surface area contributed by atoms with Gasteiger partial charge in [-0.3, -0.25) is 0 Å². The van der Waals surface area contributed by atoms with Gasteiger partial charge in [0.25, 0.3) is 0 Å². The van der Waals surface area contributed by atoms with Crippen molar-refractivity contribution in [3.63, 3.8) is 0 Å². The zero-order chi connectivity index (χ0) is 8.43. The van der Waals surface area contributed by atoms with Gasteiger partial charge in [-0.2, -0.15) is 0 Å². The van der Waals surface area contributed by atoms with Gasteiger partial charge in [0.1, 0.15) is 0 Å². The molecule has 1 rings (SSSR count). The lowest BCUT2D eigenvalue weighted by molar-refractivity contribution is -0.0940. The van der Waals surface area contributed by atoms with Crippen LogP contribution in [0.15, 0.2) is 0 Å². The Balaban J connectivity index is 2.48. The van der Waals surface area contributed by atoms with Crippen molar-refractivity contribution in [1.82, 2.24) is 0 Å². The Bertz CT molecular complexity index is 122. The molecule has 1 saturated heterocycles. The first-order valence-corrected chi connectivity index (χ1v) is 4.80. The van der Waals surface area contributed by atoms with E-state index in [1.165, 1.54) is 12.8 Å². The summed E-state index contributed by atoms with van der Waals surface area (Å²) in [6.45, 7) is 8.94. The Labute approximate surface area is 70.1 Å². The zero-order valence-corrected chi connectivity index (χ0v) is 8.13. The molecule has 0 amide bonds. The second-order valence-electron chi connectivity index (χ2n) is 3.93. The molecule has 0 spiro atoms. The van der Waals surface area contributed by atoms with Crippen LogP contribution in [0.25, 0.3) is 0 Å². The summed E-state index contributed by atoms with van der Waals surface area (Å²) >= 11 is 0. The van der Waals surface area contributed by atoms with Crippen molar-refractivity contribution in [2.45, 2.75) is 52.7 Å². The van der Waals surface area contributed by atoms with Crippen molar-refractivity contribution in [3.05, 3.63) is 0 Å². The van der Waals surface area contributed by atoms with Gasteiger partial charge >= 0.3 is 0 Å². The summed E-state index contributed by atoms with van der Waals surface area (Å²) in [5.74, 6) is 1.54. The molecular weight excluding hydrogens is 136 g/mol. The maximum Gasteiger partial charge on any atom is 0.0578 e. The number of ether oxygens (including phenoxy) is 1. The minimum absolute atomic E-state index is 0.466. The van der Waals surface area contributed by atoms with Crippen LogP contribution in [0.3, 0.4) is 0 Å². The van der Waals surface area contributed by atoms with Crippen molar-refractivity contribution in [2.75, 3.05) is 0 Å². The van der Waals surface area contributed by atoms with Gasteiger partial charge in [0.2, 0.25) is 0 Å². The van der Waals surface area contributed by atoms with Crippen molar-refractivity contribution in [1.29, 1.82) is 0 Å². The third-order valence-corrected chi connectivity index (χ3v) is 3.09. The van der Waals surface area contributed by atoms with E-state index in [0.717, 1.165) is 11.8 Å². The number of hydrogen-bond donors (Lipinski definition) is 0. The Morgan fingerprint density at radius 2 is 1.82 bits per heavy atom. The topological polar surface area (TPSA) is 9.23 Å². The van der Waals surface area contributed by atoms with E-state index in [9.17, 15) is 0 Å². The van der Waals surface area contributed by atoms with E-state index >= 15 is 0 Å². The fourth-order valence-electron chi connectivity index (χ4n) is 1.94. The molecule has 1 aliphatic heterocycles. The zero-order valence-electron chi connectivity index (χ0n) is 8.13. The molecule has 0 radical (unpaired) electrons. The molecule has 11 heavy (non-hydrogen) atoms. The van der Waals surface area contributed by atoms with E-state index in [2.05, 4.69) is 27.7 Å². The Kier molecular flexibility index (Phi) is 2.94. The van der Waals surface area contributed by atoms with Gasteiger partial charge in [0.15, 0.2) is 0 Å². The third kappa shape index (κ3) is 1.96. The summed E-state index contributed by atoms with van der Waals surface area (Å²) < 4.78 is 5.80. The molecule has 4 atom stereocenters. The molecule has 0 bridgehead atoms.